The Kier molecular flexibility index (Phi) is 16.5. The zero-order valence-electron chi connectivity index (χ0n) is 48.2. The summed E-state index contributed by atoms with van der Waals surface area (Å²) in [4.78, 5) is 16.2. The van der Waals surface area contributed by atoms with Gasteiger partial charge in [-0.2, -0.15) is 0 Å². The van der Waals surface area contributed by atoms with Crippen LogP contribution in [0.15, 0.2) is 94.2 Å². The molecule has 10 aromatic rings. The quantitative estimate of drug-likeness (QED) is 0.0726. The molecule has 7 heterocycles. The van der Waals surface area contributed by atoms with Crippen LogP contribution in [0.3, 0.4) is 0 Å². The van der Waals surface area contributed by atoms with Gasteiger partial charge in [-0.1, -0.05) is 0 Å². The van der Waals surface area contributed by atoms with Crippen LogP contribution in [0.5, 0.6) is 0 Å². The molecule has 0 unspecified atom stereocenters. The molecule has 0 radical (unpaired) electrons. The van der Waals surface area contributed by atoms with E-state index < -0.39 is 308 Å². The van der Waals surface area contributed by atoms with Crippen molar-refractivity contribution in [1.29, 1.82) is 0 Å². The minimum Gasteiger partial charge on any atom is -0.354 e. The third-order valence-electron chi connectivity index (χ3n) is 16.0. The number of hydrogen-bond acceptors (Lipinski definition) is 2. The van der Waals surface area contributed by atoms with E-state index >= 15 is 105 Å². The number of nitrogens with one attached hydrogen (secondary N) is 4. The van der Waals surface area contributed by atoms with E-state index in [9.17, 15) is 26.3 Å². The molecule has 0 spiro atoms. The highest BCUT2D eigenvalue weighted by atomic mass is 19.2. The lowest BCUT2D eigenvalue weighted by molar-refractivity contribution is 0.376. The van der Waals surface area contributed by atoms with Crippen molar-refractivity contribution in [2.75, 3.05) is 0 Å². The Morgan fingerprint density at radius 2 is 0.343 bits per heavy atom. The fourth-order valence-corrected chi connectivity index (χ4v) is 11.4. The number of aromatic nitrogens is 4. The van der Waals surface area contributed by atoms with Crippen molar-refractivity contribution in [3.05, 3.63) is 336 Å². The summed E-state index contributed by atoms with van der Waals surface area (Å²) in [7, 11) is 0. The molecule has 0 amide bonds. The Hall–Kier alpha value is -11.9. The smallest absolute Gasteiger partial charge is 0.200 e. The Bertz CT molecular complexity index is 5840. The van der Waals surface area contributed by atoms with Gasteiger partial charge in [0.15, 0.2) is 140 Å². The monoisotopic (exact) mass is 1460 g/mol. The second-order valence-corrected chi connectivity index (χ2v) is 21.5. The van der Waals surface area contributed by atoms with Gasteiger partial charge in [-0.3, -0.25) is 0 Å². The second-order valence-electron chi connectivity index (χ2n) is 21.5. The largest absolute Gasteiger partial charge is 0.354 e. The summed E-state index contributed by atoms with van der Waals surface area (Å²) in [5.74, 6) is -85.7. The van der Waals surface area contributed by atoms with Crippen molar-refractivity contribution < 1.29 is 132 Å². The van der Waals surface area contributed by atoms with E-state index in [4.69, 9.17) is 0 Å². The van der Waals surface area contributed by atoms with Crippen LogP contribution < -0.4 is 21.4 Å². The molecule has 0 fully saturated rings. The minimum atomic E-state index is -2.92. The van der Waals surface area contributed by atoms with Crippen LogP contribution in [0.25, 0.3) is 33.4 Å². The molecule has 6 nitrogen and oxygen atoms in total. The number of hydrogen-bond donors (Lipinski definition) is 4. The van der Waals surface area contributed by atoms with Gasteiger partial charge in [0.1, 0.15) is 0 Å². The lowest BCUT2D eigenvalue weighted by Gasteiger charge is -2.15. The molecular formula is C66H16F30N6. The normalized spacial score (nSPS) is 14.1. The average molecular weight is 1460 g/mol. The molecule has 0 saturated heterocycles. The topological polar surface area (TPSA) is 87.9 Å². The molecule has 4 N–H and O–H groups in total. The summed E-state index contributed by atoms with van der Waals surface area (Å²) in [5, 5.41) is -4.95. The molecule has 0 aliphatic carbocycles. The summed E-state index contributed by atoms with van der Waals surface area (Å²) in [6.45, 7) is 0. The Labute approximate surface area is 541 Å². The van der Waals surface area contributed by atoms with E-state index in [1.54, 1.807) is 0 Å². The SMILES string of the molecule is Fc1c(F)c(F)c(C2=C3C=CC(=N3)C(c3c(F)c(F)c(F)c(F)c3F)=c3ccc([nH]3)=C(c3c(F)c(F)c(F)c(F)c3F)c3ccc([nH]3)C(c3c(F)c(F)c(F)c(F)c3F)=c3ccc([nH]3)=C(c3c(F)c(F)c(F)c(F)c3F)c3ccc([nH]3)C(c3c(F)c(F)c(F)c(F)c3F)=C3C=CC2=N3)c(F)c1F. The van der Waals surface area contributed by atoms with E-state index in [2.05, 4.69) is 29.9 Å². The molecular weight excluding hydrogens is 1450 g/mol. The number of allylic oxidation sites excluding steroid dienone is 5. The fourth-order valence-electron chi connectivity index (χ4n) is 11.4. The van der Waals surface area contributed by atoms with Gasteiger partial charge in [-0.05, 0) is 72.8 Å². The lowest BCUT2D eigenvalue weighted by atomic mass is 9.97. The third kappa shape index (κ3) is 10.0. The van der Waals surface area contributed by atoms with E-state index in [0.29, 0.717) is 72.8 Å². The molecule has 36 heteroatoms. The van der Waals surface area contributed by atoms with Crippen LogP contribution in [-0.2, 0) is 0 Å². The summed E-state index contributed by atoms with van der Waals surface area (Å²) >= 11 is 0. The van der Waals surface area contributed by atoms with Gasteiger partial charge in [-0.15, -0.1) is 0 Å². The molecule has 0 saturated carbocycles. The minimum absolute atomic E-state index is 0.356. The predicted octanol–water partition coefficient (Wildman–Crippen LogP) is 15.3. The lowest BCUT2D eigenvalue weighted by Crippen LogP contribution is -2.23. The first-order valence-corrected chi connectivity index (χ1v) is 27.5. The molecule has 12 bridgehead atoms. The molecule has 3 aliphatic heterocycles. The van der Waals surface area contributed by atoms with E-state index in [-0.39, 0.29) is 0 Å². The predicted molar refractivity (Wildman–Crippen MR) is 293 cm³/mol. The molecule has 13 rings (SSSR count). The second kappa shape index (κ2) is 24.5. The van der Waals surface area contributed by atoms with Crippen LogP contribution in [0.2, 0.25) is 0 Å². The number of nitrogens with zero attached hydrogens (tertiary/aromatic N) is 2. The van der Waals surface area contributed by atoms with Crippen LogP contribution >= 0.6 is 0 Å². The Morgan fingerprint density at radius 3 is 0.598 bits per heavy atom. The number of H-pyrrole nitrogens is 4. The maximum Gasteiger partial charge on any atom is 0.200 e. The van der Waals surface area contributed by atoms with Crippen LogP contribution in [0.4, 0.5) is 132 Å². The molecule has 0 atom stereocenters. The van der Waals surface area contributed by atoms with Crippen molar-refractivity contribution in [3.63, 3.8) is 0 Å². The van der Waals surface area contributed by atoms with Gasteiger partial charge in [0.05, 0.1) is 56.2 Å². The van der Waals surface area contributed by atoms with Crippen molar-refractivity contribution >= 4 is 44.9 Å². The molecule has 102 heavy (non-hydrogen) atoms. The highest BCUT2D eigenvalue weighted by Crippen LogP contribution is 2.43. The van der Waals surface area contributed by atoms with Crippen LogP contribution in [0, 0.1) is 175 Å². The first-order valence-electron chi connectivity index (χ1n) is 27.5. The van der Waals surface area contributed by atoms with Gasteiger partial charge in [0, 0.05) is 77.6 Å². The number of aliphatic imine (C=N–C) groups is 2. The number of halogens is 30. The highest BCUT2D eigenvalue weighted by molar-refractivity contribution is 6.35. The fraction of sp³-hybridized carbons (Fsp3) is 0. The van der Waals surface area contributed by atoms with Gasteiger partial charge < -0.3 is 19.9 Å². The summed E-state index contributed by atoms with van der Waals surface area (Å²) in [6, 6.07) is 3.32. The Balaban J connectivity index is 1.29. The molecule has 6 aromatic carbocycles. The van der Waals surface area contributed by atoms with E-state index in [0.717, 1.165) is 0 Å². The number of rotatable bonds is 6. The van der Waals surface area contributed by atoms with E-state index in [1.165, 1.54) is 0 Å². The van der Waals surface area contributed by atoms with Gasteiger partial charge in [0.2, 0.25) is 34.9 Å². The number of aromatic amines is 4. The summed E-state index contributed by atoms with van der Waals surface area (Å²) in [5.41, 5.74) is -32.8. The third-order valence-corrected chi connectivity index (χ3v) is 16.0. The first-order chi connectivity index (χ1) is 48.1. The van der Waals surface area contributed by atoms with Crippen molar-refractivity contribution in [3.8, 4) is 0 Å². The number of benzene rings is 6. The zero-order valence-corrected chi connectivity index (χ0v) is 48.2. The average Bonchev–Trinajstić information content (AvgIpc) is 1.59. The molecule has 520 valence electrons. The van der Waals surface area contributed by atoms with Crippen LogP contribution in [0.1, 0.15) is 56.2 Å². The molecule has 3 aliphatic rings. The van der Waals surface area contributed by atoms with E-state index in [1.807, 2.05) is 0 Å². The van der Waals surface area contributed by atoms with Crippen molar-refractivity contribution in [2.24, 2.45) is 9.98 Å². The maximum atomic E-state index is 16.5. The van der Waals surface area contributed by atoms with Crippen LogP contribution in [-0.4, -0.2) is 31.4 Å². The first kappa shape index (κ1) is 68.6. The maximum absolute atomic E-state index is 16.5. The van der Waals surface area contributed by atoms with Crippen molar-refractivity contribution in [2.45, 2.75) is 0 Å². The van der Waals surface area contributed by atoms with Gasteiger partial charge >= 0.3 is 0 Å². The summed E-state index contributed by atoms with van der Waals surface area (Å²) in [6.07, 6.45) is 1.43. The van der Waals surface area contributed by atoms with Gasteiger partial charge in [-0.25, -0.2) is 142 Å². The number of fused-ring (bicyclic) bond motifs is 10. The van der Waals surface area contributed by atoms with Gasteiger partial charge in [0.25, 0.3) is 0 Å². The molecule has 4 aromatic heterocycles. The zero-order chi connectivity index (χ0) is 73.9. The highest BCUT2D eigenvalue weighted by Gasteiger charge is 2.39. The standard InChI is InChI=1S/C66H16F30N6/c67-37-31(38(68)50(80)61(91)49(37)79)25-13-1-2-14(97-13)26(32-39(69)51(81)62(92)52(82)40(32)70)16-5-6-18(99-16)28(34-43(73)55(85)64(94)56(86)44(34)74)20-9-10-22(101-20)30(36-47(77)59(89)66(96)60(90)48(36)78)24-12-11-23(102-24)29(35-45(75)57(87)65(95)58(88)46(35)76)21-8-7-19(100-21)27(17-4-3-15(25)98-17)33-41(71)53(83)63(93)54(84)42(33)72/h1-12,97-100H. The summed E-state index contributed by atoms with van der Waals surface area (Å²) < 4.78 is 472. The Morgan fingerprint density at radius 1 is 0.167 bits per heavy atom. The van der Waals surface area contributed by atoms with Crippen molar-refractivity contribution in [1.82, 2.24) is 19.9 Å².